The van der Waals surface area contributed by atoms with E-state index in [1.165, 1.54) is 4.90 Å². The van der Waals surface area contributed by atoms with Crippen molar-refractivity contribution >= 4 is 35.0 Å². The second kappa shape index (κ2) is 5.53. The average molecular weight is 353 g/mol. The minimum absolute atomic E-state index is 0.0547. The smallest absolute Gasteiger partial charge is 0.322 e. The van der Waals surface area contributed by atoms with Gasteiger partial charge in [0, 0.05) is 34.8 Å². The van der Waals surface area contributed by atoms with Crippen LogP contribution in [0.5, 0.6) is 0 Å². The molecule has 1 atom stereocenters. The van der Waals surface area contributed by atoms with E-state index in [0.717, 1.165) is 5.70 Å². The Labute approximate surface area is 145 Å². The van der Waals surface area contributed by atoms with E-state index in [-0.39, 0.29) is 17.2 Å². The van der Waals surface area contributed by atoms with Gasteiger partial charge in [-0.1, -0.05) is 43.1 Å². The summed E-state index contributed by atoms with van der Waals surface area (Å²) in [6.45, 7) is 4.08. The van der Waals surface area contributed by atoms with E-state index in [2.05, 4.69) is 5.32 Å². The number of carbonyl (C=O) groups excluding carboxylic acids is 2. The number of rotatable bonds is 1. The molecule has 1 unspecified atom stereocenters. The first-order chi connectivity index (χ1) is 10.7. The highest BCUT2D eigenvalue weighted by molar-refractivity contribution is 6.35. The van der Waals surface area contributed by atoms with Crippen LogP contribution in [-0.2, 0) is 4.79 Å². The van der Waals surface area contributed by atoms with Gasteiger partial charge in [0.15, 0.2) is 5.78 Å². The molecule has 0 aromatic heterocycles. The number of ketones is 1. The third-order valence-electron chi connectivity index (χ3n) is 4.44. The number of Topliss-reactive ketones (excluding diaryl/α,β-unsaturated/α-hetero) is 1. The van der Waals surface area contributed by atoms with Crippen LogP contribution in [0.2, 0.25) is 10.0 Å². The number of halogens is 2. The fraction of sp³-hybridized carbons (Fsp3) is 0.412. The molecule has 0 fully saturated rings. The van der Waals surface area contributed by atoms with Crippen molar-refractivity contribution in [3.8, 4) is 0 Å². The fourth-order valence-electron chi connectivity index (χ4n) is 3.31. The maximum atomic E-state index is 12.8. The molecule has 0 radical (unpaired) electrons. The Balaban J connectivity index is 2.16. The molecular weight excluding hydrogens is 335 g/mol. The van der Waals surface area contributed by atoms with Crippen molar-refractivity contribution in [2.75, 3.05) is 7.05 Å². The summed E-state index contributed by atoms with van der Waals surface area (Å²) in [5, 5.41) is 3.84. The van der Waals surface area contributed by atoms with Gasteiger partial charge < -0.3 is 10.2 Å². The predicted octanol–water partition coefficient (Wildman–Crippen LogP) is 4.33. The van der Waals surface area contributed by atoms with Crippen LogP contribution in [0.3, 0.4) is 0 Å². The van der Waals surface area contributed by atoms with Crippen molar-refractivity contribution in [2.45, 2.75) is 32.7 Å². The molecule has 1 aliphatic heterocycles. The Morgan fingerprint density at radius 3 is 2.57 bits per heavy atom. The Kier molecular flexibility index (Phi) is 3.93. The minimum Gasteiger partial charge on any atom is -0.327 e. The summed E-state index contributed by atoms with van der Waals surface area (Å²) in [4.78, 5) is 26.6. The lowest BCUT2D eigenvalue weighted by molar-refractivity contribution is -0.118. The van der Waals surface area contributed by atoms with E-state index < -0.39 is 6.04 Å². The highest BCUT2D eigenvalue weighted by atomic mass is 35.5. The molecule has 1 aromatic rings. The van der Waals surface area contributed by atoms with Gasteiger partial charge in [0.05, 0.1) is 6.04 Å². The van der Waals surface area contributed by atoms with Gasteiger partial charge in [-0.15, -0.1) is 0 Å². The first-order valence-corrected chi connectivity index (χ1v) is 8.20. The monoisotopic (exact) mass is 352 g/mol. The zero-order valence-corrected chi connectivity index (χ0v) is 14.8. The highest BCUT2D eigenvalue weighted by Gasteiger charge is 2.43. The molecule has 1 aromatic carbocycles. The van der Waals surface area contributed by atoms with Gasteiger partial charge in [-0.2, -0.15) is 0 Å². The number of carbonyl (C=O) groups is 2. The largest absolute Gasteiger partial charge is 0.327 e. The summed E-state index contributed by atoms with van der Waals surface area (Å²) >= 11 is 12.3. The number of benzene rings is 1. The van der Waals surface area contributed by atoms with E-state index in [1.807, 2.05) is 13.8 Å². The molecule has 0 bridgehead atoms. The van der Waals surface area contributed by atoms with Crippen LogP contribution in [-0.4, -0.2) is 23.8 Å². The van der Waals surface area contributed by atoms with E-state index in [0.29, 0.717) is 34.0 Å². The number of allylic oxidation sites excluding steroid dienone is 1. The van der Waals surface area contributed by atoms with Crippen LogP contribution in [0.25, 0.3) is 0 Å². The van der Waals surface area contributed by atoms with E-state index >= 15 is 0 Å². The standard InChI is InChI=1S/C17H18Cl2N2O2/c1-17(2)7-12-14(13(22)8-17)15(20-16(23)21(12)3)10-5-4-9(18)6-11(10)19/h4-6,15H,7-8H2,1-3H3,(H,20,23). The molecule has 23 heavy (non-hydrogen) atoms. The van der Waals surface area contributed by atoms with Crippen molar-refractivity contribution in [3.05, 3.63) is 45.1 Å². The Morgan fingerprint density at radius 2 is 1.91 bits per heavy atom. The van der Waals surface area contributed by atoms with Crippen LogP contribution in [0.4, 0.5) is 4.79 Å². The third kappa shape index (κ3) is 2.86. The SMILES string of the molecule is CN1C(=O)NC(c2ccc(Cl)cc2Cl)C2=C1CC(C)(C)CC2=O. The summed E-state index contributed by atoms with van der Waals surface area (Å²) in [6, 6.07) is 4.34. The molecule has 122 valence electrons. The van der Waals surface area contributed by atoms with Crippen molar-refractivity contribution in [3.63, 3.8) is 0 Å². The third-order valence-corrected chi connectivity index (χ3v) is 5.00. The second-order valence-corrected chi connectivity index (χ2v) is 7.75. The summed E-state index contributed by atoms with van der Waals surface area (Å²) in [6.07, 6.45) is 1.14. The van der Waals surface area contributed by atoms with Crippen molar-refractivity contribution in [1.29, 1.82) is 0 Å². The lowest BCUT2D eigenvalue weighted by Crippen LogP contribution is -2.49. The molecule has 0 saturated heterocycles. The van der Waals surface area contributed by atoms with Crippen LogP contribution in [0.15, 0.2) is 29.5 Å². The summed E-state index contributed by atoms with van der Waals surface area (Å²) in [7, 11) is 1.69. The molecular formula is C17H18Cl2N2O2. The van der Waals surface area contributed by atoms with Crippen LogP contribution in [0, 0.1) is 5.41 Å². The molecule has 1 N–H and O–H groups in total. The Bertz CT molecular complexity index is 740. The van der Waals surface area contributed by atoms with Gasteiger partial charge in [0.25, 0.3) is 0 Å². The number of nitrogens with zero attached hydrogens (tertiary/aromatic N) is 1. The number of amides is 2. The first kappa shape index (κ1) is 16.3. The molecule has 1 heterocycles. The van der Waals surface area contributed by atoms with Crippen molar-refractivity contribution in [2.24, 2.45) is 5.41 Å². The summed E-state index contributed by atoms with van der Waals surface area (Å²) < 4.78 is 0. The predicted molar refractivity (Wildman–Crippen MR) is 90.5 cm³/mol. The number of urea groups is 1. The van der Waals surface area contributed by atoms with Crippen LogP contribution < -0.4 is 5.32 Å². The zero-order valence-electron chi connectivity index (χ0n) is 13.2. The quantitative estimate of drug-likeness (QED) is 0.817. The molecule has 2 aliphatic rings. The molecule has 3 rings (SSSR count). The lowest BCUT2D eigenvalue weighted by atomic mass is 9.72. The summed E-state index contributed by atoms with van der Waals surface area (Å²) in [5.74, 6) is 0.0547. The summed E-state index contributed by atoms with van der Waals surface area (Å²) in [5.41, 5.74) is 1.95. The van der Waals surface area contributed by atoms with Gasteiger partial charge >= 0.3 is 6.03 Å². The lowest BCUT2D eigenvalue weighted by Gasteiger charge is -2.42. The van der Waals surface area contributed by atoms with Gasteiger partial charge in [-0.25, -0.2) is 4.79 Å². The molecule has 1 aliphatic carbocycles. The van der Waals surface area contributed by atoms with Gasteiger partial charge in [0.1, 0.15) is 0 Å². The van der Waals surface area contributed by atoms with E-state index in [9.17, 15) is 9.59 Å². The number of nitrogens with one attached hydrogen (secondary N) is 1. The molecule has 0 saturated carbocycles. The zero-order chi connectivity index (χ0) is 16.9. The highest BCUT2D eigenvalue weighted by Crippen LogP contribution is 2.44. The van der Waals surface area contributed by atoms with E-state index in [1.54, 1.807) is 25.2 Å². The first-order valence-electron chi connectivity index (χ1n) is 7.45. The molecule has 0 spiro atoms. The topological polar surface area (TPSA) is 49.4 Å². The van der Waals surface area contributed by atoms with Gasteiger partial charge in [-0.05, 0) is 29.5 Å². The maximum absolute atomic E-state index is 12.8. The maximum Gasteiger partial charge on any atom is 0.322 e. The van der Waals surface area contributed by atoms with E-state index in [4.69, 9.17) is 23.2 Å². The molecule has 6 heteroatoms. The second-order valence-electron chi connectivity index (χ2n) is 6.91. The minimum atomic E-state index is -0.526. The number of hydrogen-bond acceptors (Lipinski definition) is 2. The normalized spacial score (nSPS) is 23.7. The Morgan fingerprint density at radius 1 is 1.22 bits per heavy atom. The van der Waals surface area contributed by atoms with Crippen molar-refractivity contribution in [1.82, 2.24) is 10.2 Å². The number of hydrogen-bond donors (Lipinski definition) is 1. The van der Waals surface area contributed by atoms with Gasteiger partial charge in [-0.3, -0.25) is 4.79 Å². The average Bonchev–Trinajstić information content (AvgIpc) is 2.42. The molecule has 2 amide bonds. The van der Waals surface area contributed by atoms with Crippen LogP contribution >= 0.6 is 23.2 Å². The fourth-order valence-corrected chi connectivity index (χ4v) is 3.83. The van der Waals surface area contributed by atoms with Gasteiger partial charge in [0.2, 0.25) is 0 Å². The van der Waals surface area contributed by atoms with Crippen LogP contribution in [0.1, 0.15) is 38.3 Å². The Hall–Kier alpha value is -1.52. The molecule has 4 nitrogen and oxygen atoms in total. The van der Waals surface area contributed by atoms with Crippen molar-refractivity contribution < 1.29 is 9.59 Å².